The molecule has 1 spiro atoms. The van der Waals surface area contributed by atoms with Gasteiger partial charge in [0.1, 0.15) is 17.7 Å². The molecule has 3 heterocycles. The molecule has 2 N–H and O–H groups in total. The molecule has 2 aromatic carbocycles. The Morgan fingerprint density at radius 2 is 1.83 bits per heavy atom. The summed E-state index contributed by atoms with van der Waals surface area (Å²) in [4.78, 5) is 59.1. The lowest BCUT2D eigenvalue weighted by Gasteiger charge is -2.37. The third-order valence-electron chi connectivity index (χ3n) is 9.89. The number of nitrogens with one attached hydrogen (secondary N) is 1. The largest absolute Gasteiger partial charge is 0.455 e. The van der Waals surface area contributed by atoms with Crippen LogP contribution in [-0.4, -0.2) is 77.7 Å². The van der Waals surface area contributed by atoms with Gasteiger partial charge in [0, 0.05) is 31.8 Å². The Bertz CT molecular complexity index is 1510. The summed E-state index contributed by atoms with van der Waals surface area (Å²) in [7, 11) is 0. The molecule has 10 nitrogen and oxygen atoms in total. The van der Waals surface area contributed by atoms with Crippen LogP contribution in [0.15, 0.2) is 73.8 Å². The molecule has 0 aliphatic carbocycles. The summed E-state index contributed by atoms with van der Waals surface area (Å²) < 4.78 is 12.8. The lowest BCUT2D eigenvalue weighted by Crippen LogP contribution is -2.56. The maximum absolute atomic E-state index is 14.8. The molecule has 0 saturated carbocycles. The molecule has 48 heavy (non-hydrogen) atoms. The van der Waals surface area contributed by atoms with Gasteiger partial charge in [0.15, 0.2) is 0 Å². The van der Waals surface area contributed by atoms with Crippen LogP contribution in [0.2, 0.25) is 0 Å². The summed E-state index contributed by atoms with van der Waals surface area (Å²) in [5, 5.41) is 12.4. The Morgan fingerprint density at radius 1 is 1.10 bits per heavy atom. The summed E-state index contributed by atoms with van der Waals surface area (Å²) >= 11 is 0. The molecule has 0 aromatic heterocycles. The summed E-state index contributed by atoms with van der Waals surface area (Å²) in [6.45, 7) is 11.9. The van der Waals surface area contributed by atoms with Gasteiger partial charge in [0.2, 0.25) is 11.8 Å². The van der Waals surface area contributed by atoms with Crippen molar-refractivity contribution >= 4 is 29.4 Å². The average molecular weight is 658 g/mol. The number of para-hydroxylation sites is 1. The fourth-order valence-electron chi connectivity index (χ4n) is 7.78. The molecule has 2 bridgehead atoms. The number of nitrogens with zero attached hydrogens (tertiary/aromatic N) is 2. The van der Waals surface area contributed by atoms with Gasteiger partial charge < -0.3 is 29.7 Å². The number of hydrogen-bond acceptors (Lipinski definition) is 7. The molecule has 0 unspecified atom stereocenters. The number of unbranched alkanes of at least 4 members (excludes halogenated alkanes) is 1. The smallest absolute Gasteiger partial charge is 0.313 e. The van der Waals surface area contributed by atoms with Crippen molar-refractivity contribution in [2.24, 2.45) is 11.8 Å². The number of carbonyl (C=O) groups excluding carboxylic acids is 4. The van der Waals surface area contributed by atoms with E-state index < -0.39 is 41.7 Å². The maximum atomic E-state index is 14.8. The zero-order chi connectivity index (χ0) is 34.4. The number of anilines is 1. The third-order valence-corrected chi connectivity index (χ3v) is 9.89. The van der Waals surface area contributed by atoms with Gasteiger partial charge in [0.05, 0.1) is 24.5 Å². The van der Waals surface area contributed by atoms with Crippen LogP contribution in [0.5, 0.6) is 0 Å². The number of esters is 1. The first-order chi connectivity index (χ1) is 23.2. The molecule has 2 aromatic rings. The number of aliphatic hydroxyl groups is 1. The van der Waals surface area contributed by atoms with Gasteiger partial charge in [-0.25, -0.2) is 0 Å². The van der Waals surface area contributed by atoms with Crippen molar-refractivity contribution in [2.75, 3.05) is 31.1 Å². The zero-order valence-corrected chi connectivity index (χ0v) is 27.9. The van der Waals surface area contributed by atoms with Crippen molar-refractivity contribution in [2.45, 2.75) is 76.2 Å². The van der Waals surface area contributed by atoms with Crippen LogP contribution < -0.4 is 10.2 Å². The van der Waals surface area contributed by atoms with E-state index in [-0.39, 0.29) is 50.4 Å². The number of aryl methyl sites for hydroxylation is 2. The monoisotopic (exact) mass is 657 g/mol. The van der Waals surface area contributed by atoms with Crippen LogP contribution in [0.4, 0.5) is 5.69 Å². The van der Waals surface area contributed by atoms with Gasteiger partial charge in [-0.1, -0.05) is 60.7 Å². The van der Waals surface area contributed by atoms with Crippen molar-refractivity contribution in [3.8, 4) is 0 Å². The Hall–Kier alpha value is -4.28. The highest BCUT2D eigenvalue weighted by Crippen LogP contribution is 2.59. The minimum atomic E-state index is -1.21. The molecule has 256 valence electrons. The number of amides is 3. The summed E-state index contributed by atoms with van der Waals surface area (Å²) in [5.74, 6) is -3.20. The first kappa shape index (κ1) is 35.0. The Kier molecular flexibility index (Phi) is 11.2. The second-order valence-corrected chi connectivity index (χ2v) is 13.0. The van der Waals surface area contributed by atoms with Crippen molar-refractivity contribution in [3.63, 3.8) is 0 Å². The molecule has 5 rings (SSSR count). The van der Waals surface area contributed by atoms with Crippen molar-refractivity contribution in [1.82, 2.24) is 10.2 Å². The van der Waals surface area contributed by atoms with Gasteiger partial charge >= 0.3 is 5.97 Å². The summed E-state index contributed by atoms with van der Waals surface area (Å²) in [6, 6.07) is 14.0. The topological polar surface area (TPSA) is 125 Å². The van der Waals surface area contributed by atoms with Gasteiger partial charge in [-0.3, -0.25) is 19.2 Å². The number of likely N-dealkylation sites (tertiary alicyclic amines) is 1. The molecule has 3 amide bonds. The molecule has 6 atom stereocenters. The summed E-state index contributed by atoms with van der Waals surface area (Å²) in [6.07, 6.45) is 4.64. The normalized spacial score (nSPS) is 24.6. The fourth-order valence-corrected chi connectivity index (χ4v) is 7.78. The quantitative estimate of drug-likeness (QED) is 0.156. The Balaban J connectivity index is 1.47. The predicted molar refractivity (Wildman–Crippen MR) is 182 cm³/mol. The van der Waals surface area contributed by atoms with E-state index in [0.717, 1.165) is 16.8 Å². The molecule has 3 saturated heterocycles. The van der Waals surface area contributed by atoms with E-state index in [2.05, 4.69) is 18.5 Å². The molecule has 3 aliphatic heterocycles. The van der Waals surface area contributed by atoms with Crippen molar-refractivity contribution in [1.29, 1.82) is 0 Å². The first-order valence-corrected chi connectivity index (χ1v) is 16.9. The lowest BCUT2D eigenvalue weighted by molar-refractivity contribution is -0.160. The van der Waals surface area contributed by atoms with Crippen LogP contribution in [0.3, 0.4) is 0 Å². The Labute approximate surface area is 282 Å². The van der Waals surface area contributed by atoms with Gasteiger partial charge in [-0.2, -0.15) is 0 Å². The predicted octanol–water partition coefficient (Wildman–Crippen LogP) is 4.34. The number of hydrogen-bond donors (Lipinski definition) is 2. The SMILES string of the molecule is C=CCCC(=O)NC[C@@H](OC(=O)[C@@H]1[C@H]2C(=O)N(CCCCO)[C@H](C(=O)N(CC=C)c3c(C)cccc3C)[C@]23CC[C@H]1O3)c1ccccc1. The standard InChI is InChI=1S/C38H47N3O7/c1-5-7-18-30(43)39-24-29(27-16-9-8-10-17-27)47-37(46)31-28-19-20-38(48-28)32(31)35(44)41(22-11-12-23-42)34(38)36(45)40(21-6-2)33-25(3)14-13-15-26(33)4/h5-6,8-10,13-17,28-29,31-32,34,42H,1-2,7,11-12,18-24H2,3-4H3,(H,39,43)/t28-,29-,31+,32+,34-,38+/m1/s1. The van der Waals surface area contributed by atoms with Crippen molar-refractivity contribution in [3.05, 3.63) is 90.5 Å². The fraction of sp³-hybridized carbons (Fsp3) is 0.474. The number of ether oxygens (including phenoxy) is 2. The number of allylic oxidation sites excluding steroid dienone is 1. The first-order valence-electron chi connectivity index (χ1n) is 16.9. The lowest BCUT2D eigenvalue weighted by atomic mass is 9.70. The highest BCUT2D eigenvalue weighted by atomic mass is 16.6. The molecular formula is C38H47N3O7. The average Bonchev–Trinajstić information content (AvgIpc) is 3.72. The number of benzene rings is 2. The highest BCUT2D eigenvalue weighted by molar-refractivity contribution is 6.05. The molecular weight excluding hydrogens is 610 g/mol. The molecule has 10 heteroatoms. The van der Waals surface area contributed by atoms with E-state index in [1.807, 2.05) is 62.4 Å². The highest BCUT2D eigenvalue weighted by Gasteiger charge is 2.75. The summed E-state index contributed by atoms with van der Waals surface area (Å²) in [5.41, 5.74) is 2.08. The molecule has 0 radical (unpaired) electrons. The van der Waals surface area contributed by atoms with E-state index >= 15 is 0 Å². The third kappa shape index (κ3) is 6.69. The van der Waals surface area contributed by atoms with E-state index in [1.165, 1.54) is 0 Å². The van der Waals surface area contributed by atoms with Crippen LogP contribution in [0.1, 0.15) is 61.3 Å². The zero-order valence-electron chi connectivity index (χ0n) is 27.9. The number of rotatable bonds is 16. The Morgan fingerprint density at radius 3 is 2.50 bits per heavy atom. The van der Waals surface area contributed by atoms with Crippen LogP contribution >= 0.6 is 0 Å². The van der Waals surface area contributed by atoms with E-state index in [9.17, 15) is 24.3 Å². The molecule has 3 aliphatic rings. The number of carbonyl (C=O) groups is 4. The van der Waals surface area contributed by atoms with Gasteiger partial charge in [-0.05, 0) is 62.6 Å². The minimum Gasteiger partial charge on any atom is -0.455 e. The van der Waals surface area contributed by atoms with E-state index in [1.54, 1.807) is 22.0 Å². The van der Waals surface area contributed by atoms with Gasteiger partial charge in [-0.15, -0.1) is 13.2 Å². The van der Waals surface area contributed by atoms with E-state index in [4.69, 9.17) is 9.47 Å². The minimum absolute atomic E-state index is 0.0429. The second-order valence-electron chi connectivity index (χ2n) is 13.0. The van der Waals surface area contributed by atoms with Gasteiger partial charge in [0.25, 0.3) is 5.91 Å². The second kappa shape index (κ2) is 15.3. The van der Waals surface area contributed by atoms with Crippen LogP contribution in [0.25, 0.3) is 0 Å². The number of aliphatic hydroxyl groups excluding tert-OH is 1. The van der Waals surface area contributed by atoms with Crippen molar-refractivity contribution < 1.29 is 33.8 Å². The molecule has 3 fully saturated rings. The maximum Gasteiger partial charge on any atom is 0.313 e. The van der Waals surface area contributed by atoms with Crippen LogP contribution in [0, 0.1) is 25.7 Å². The van der Waals surface area contributed by atoms with Crippen LogP contribution in [-0.2, 0) is 28.7 Å². The van der Waals surface area contributed by atoms with E-state index in [0.29, 0.717) is 37.7 Å². The number of fused-ring (bicyclic) bond motifs is 1.